The first-order valence-corrected chi connectivity index (χ1v) is 14.4. The molecule has 0 saturated heterocycles. The number of carboxylic acid groups (broad SMARTS) is 1. The lowest BCUT2D eigenvalue weighted by Gasteiger charge is -2.18. The van der Waals surface area contributed by atoms with Crippen molar-refractivity contribution in [3.63, 3.8) is 0 Å². The topological polar surface area (TPSA) is 107 Å². The molecule has 0 saturated carbocycles. The van der Waals surface area contributed by atoms with Crippen LogP contribution in [-0.4, -0.2) is 22.0 Å². The van der Waals surface area contributed by atoms with Gasteiger partial charge >= 0.3 is 12.1 Å². The number of amides is 1. The Morgan fingerprint density at radius 1 is 0.809 bits per heavy atom. The number of para-hydroxylation sites is 1. The van der Waals surface area contributed by atoms with Crippen molar-refractivity contribution in [3.8, 4) is 28.7 Å². The Balaban J connectivity index is 1.27. The quantitative estimate of drug-likeness (QED) is 0.148. The molecule has 5 aromatic rings. The molecule has 0 radical (unpaired) electrons. The molecule has 11 heteroatoms. The number of carbonyl (C=O) groups is 2. The predicted molar refractivity (Wildman–Crippen MR) is 168 cm³/mol. The Hall–Kier alpha value is -5.84. The summed E-state index contributed by atoms with van der Waals surface area (Å²) in [7, 11) is 0. The maximum absolute atomic E-state index is 13.1. The Kier molecular flexibility index (Phi) is 9.74. The highest BCUT2D eigenvalue weighted by atomic mass is 19.4. The summed E-state index contributed by atoms with van der Waals surface area (Å²) in [6.07, 6.45) is -3.01. The Labute approximate surface area is 268 Å². The van der Waals surface area contributed by atoms with Crippen molar-refractivity contribution < 1.29 is 42.1 Å². The van der Waals surface area contributed by atoms with Gasteiger partial charge in [-0.1, -0.05) is 32.0 Å². The SMILES string of the molecule is CC(C)c1cc(NC(=O)c2ccc(Oc3ccccc3)cc2)c(C(=O)O)cc1Oc1ccc(COc2ccc(C(F)(F)F)cc2)nc1. The number of hydrogen-bond donors (Lipinski definition) is 2. The molecule has 8 nitrogen and oxygen atoms in total. The number of carbonyl (C=O) groups excluding carboxylic acids is 1. The second kappa shape index (κ2) is 14.1. The van der Waals surface area contributed by atoms with Crippen LogP contribution in [0, 0.1) is 0 Å². The fourth-order valence-corrected chi connectivity index (χ4v) is 4.49. The van der Waals surface area contributed by atoms with E-state index < -0.39 is 23.6 Å². The Bertz CT molecular complexity index is 1840. The van der Waals surface area contributed by atoms with E-state index >= 15 is 0 Å². The molecule has 240 valence electrons. The lowest BCUT2D eigenvalue weighted by Crippen LogP contribution is -2.15. The number of benzene rings is 4. The van der Waals surface area contributed by atoms with E-state index in [9.17, 15) is 27.9 Å². The minimum Gasteiger partial charge on any atom is -0.487 e. The van der Waals surface area contributed by atoms with Gasteiger partial charge < -0.3 is 24.6 Å². The minimum absolute atomic E-state index is 0.00320. The fourth-order valence-electron chi connectivity index (χ4n) is 4.49. The summed E-state index contributed by atoms with van der Waals surface area (Å²) < 4.78 is 55.7. The van der Waals surface area contributed by atoms with Gasteiger partial charge in [-0.2, -0.15) is 13.2 Å². The van der Waals surface area contributed by atoms with Crippen molar-refractivity contribution in [3.05, 3.63) is 137 Å². The maximum Gasteiger partial charge on any atom is 0.416 e. The second-order valence-corrected chi connectivity index (χ2v) is 10.7. The zero-order valence-corrected chi connectivity index (χ0v) is 25.2. The monoisotopic (exact) mass is 642 g/mol. The number of nitrogens with one attached hydrogen (secondary N) is 1. The highest BCUT2D eigenvalue weighted by Gasteiger charge is 2.30. The largest absolute Gasteiger partial charge is 0.487 e. The van der Waals surface area contributed by atoms with E-state index in [1.54, 1.807) is 42.5 Å². The number of rotatable bonds is 11. The first kappa shape index (κ1) is 32.6. The van der Waals surface area contributed by atoms with Crippen LogP contribution in [-0.2, 0) is 12.8 Å². The lowest BCUT2D eigenvalue weighted by atomic mass is 9.98. The van der Waals surface area contributed by atoms with E-state index in [2.05, 4.69) is 10.3 Å². The summed E-state index contributed by atoms with van der Waals surface area (Å²) in [6, 6.07) is 26.2. The summed E-state index contributed by atoms with van der Waals surface area (Å²) in [4.78, 5) is 29.6. The molecule has 0 fully saturated rings. The van der Waals surface area contributed by atoms with E-state index in [0.717, 1.165) is 12.1 Å². The molecule has 0 aliphatic rings. The smallest absolute Gasteiger partial charge is 0.416 e. The molecule has 0 aliphatic heterocycles. The van der Waals surface area contributed by atoms with Gasteiger partial charge in [-0.15, -0.1) is 0 Å². The maximum atomic E-state index is 13.1. The molecule has 0 aliphatic carbocycles. The number of hydrogen-bond acceptors (Lipinski definition) is 6. The van der Waals surface area contributed by atoms with E-state index in [1.807, 2.05) is 44.2 Å². The number of anilines is 1. The molecule has 0 spiro atoms. The first-order chi connectivity index (χ1) is 22.5. The molecule has 47 heavy (non-hydrogen) atoms. The Morgan fingerprint density at radius 2 is 1.45 bits per heavy atom. The zero-order valence-electron chi connectivity index (χ0n) is 25.2. The third-order valence-electron chi connectivity index (χ3n) is 6.94. The van der Waals surface area contributed by atoms with Crippen LogP contribution in [0.2, 0.25) is 0 Å². The fraction of sp³-hybridized carbons (Fsp3) is 0.139. The minimum atomic E-state index is -4.43. The normalized spacial score (nSPS) is 11.2. The van der Waals surface area contributed by atoms with Gasteiger partial charge in [0.25, 0.3) is 5.91 Å². The van der Waals surface area contributed by atoms with Crippen molar-refractivity contribution >= 4 is 17.6 Å². The highest BCUT2D eigenvalue weighted by Crippen LogP contribution is 2.36. The second-order valence-electron chi connectivity index (χ2n) is 10.7. The number of pyridine rings is 1. The van der Waals surface area contributed by atoms with Crippen LogP contribution < -0.4 is 19.5 Å². The van der Waals surface area contributed by atoms with Gasteiger partial charge in [0.05, 0.1) is 28.7 Å². The molecule has 0 atom stereocenters. The third kappa shape index (κ3) is 8.46. The standard InChI is InChI=1S/C36H29F3N2O6/c1-22(2)30-18-32(41-34(42)23-8-13-28(14-9-23)46-27-6-4-3-5-7-27)31(35(43)44)19-33(30)47-29-17-12-25(40-20-29)21-45-26-15-10-24(11-16-26)36(37,38)39/h3-20,22H,21H2,1-2H3,(H,41,42)(H,43,44). The van der Waals surface area contributed by atoms with E-state index in [1.165, 1.54) is 24.4 Å². The molecule has 5 rings (SSSR count). The van der Waals surface area contributed by atoms with Crippen LogP contribution in [0.15, 0.2) is 109 Å². The molecular formula is C36H29F3N2O6. The van der Waals surface area contributed by atoms with Gasteiger partial charge in [0, 0.05) is 5.56 Å². The number of carboxylic acids is 1. The average molecular weight is 643 g/mol. The van der Waals surface area contributed by atoms with E-state index in [0.29, 0.717) is 34.1 Å². The summed E-state index contributed by atoms with van der Waals surface area (Å²) >= 11 is 0. The van der Waals surface area contributed by atoms with Gasteiger partial charge in [-0.3, -0.25) is 9.78 Å². The molecule has 1 heterocycles. The lowest BCUT2D eigenvalue weighted by molar-refractivity contribution is -0.137. The van der Waals surface area contributed by atoms with Gasteiger partial charge in [-0.25, -0.2) is 4.79 Å². The molecule has 1 amide bonds. The number of nitrogens with zero attached hydrogens (tertiary/aromatic N) is 1. The van der Waals surface area contributed by atoms with E-state index in [-0.39, 0.29) is 35.3 Å². The van der Waals surface area contributed by atoms with Crippen molar-refractivity contribution in [1.82, 2.24) is 4.98 Å². The number of alkyl halides is 3. The van der Waals surface area contributed by atoms with Crippen LogP contribution in [0.5, 0.6) is 28.7 Å². The predicted octanol–water partition coefficient (Wildman–Crippen LogP) is 9.34. The summed E-state index contributed by atoms with van der Waals surface area (Å²) in [5.74, 6) is 0.158. The van der Waals surface area contributed by atoms with Crippen LogP contribution in [0.1, 0.15) is 57.3 Å². The van der Waals surface area contributed by atoms with Crippen LogP contribution in [0.3, 0.4) is 0 Å². The first-order valence-electron chi connectivity index (χ1n) is 14.4. The highest BCUT2D eigenvalue weighted by molar-refractivity contribution is 6.08. The van der Waals surface area contributed by atoms with Crippen LogP contribution in [0.4, 0.5) is 18.9 Å². The number of ether oxygens (including phenoxy) is 3. The zero-order chi connectivity index (χ0) is 33.6. The molecule has 2 N–H and O–H groups in total. The van der Waals surface area contributed by atoms with Crippen molar-refractivity contribution in [1.29, 1.82) is 0 Å². The Morgan fingerprint density at radius 3 is 2.04 bits per heavy atom. The summed E-state index contributed by atoms with van der Waals surface area (Å²) in [5, 5.41) is 12.7. The summed E-state index contributed by atoms with van der Waals surface area (Å²) in [5.41, 5.74) is 0.610. The van der Waals surface area contributed by atoms with Crippen LogP contribution in [0.25, 0.3) is 0 Å². The van der Waals surface area contributed by atoms with Crippen LogP contribution >= 0.6 is 0 Å². The molecule has 4 aromatic carbocycles. The number of aromatic nitrogens is 1. The number of halogens is 3. The van der Waals surface area contributed by atoms with E-state index in [4.69, 9.17) is 14.2 Å². The molecule has 0 bridgehead atoms. The van der Waals surface area contributed by atoms with Gasteiger partial charge in [-0.05, 0) is 96.4 Å². The average Bonchev–Trinajstić information content (AvgIpc) is 3.05. The third-order valence-corrected chi connectivity index (χ3v) is 6.94. The number of aromatic carboxylic acids is 1. The van der Waals surface area contributed by atoms with Gasteiger partial charge in [0.2, 0.25) is 0 Å². The molecule has 0 unspecified atom stereocenters. The van der Waals surface area contributed by atoms with Gasteiger partial charge in [0.15, 0.2) is 0 Å². The molecule has 1 aromatic heterocycles. The van der Waals surface area contributed by atoms with Crippen molar-refractivity contribution in [2.24, 2.45) is 0 Å². The van der Waals surface area contributed by atoms with Crippen molar-refractivity contribution in [2.45, 2.75) is 32.5 Å². The molecular weight excluding hydrogens is 613 g/mol. The van der Waals surface area contributed by atoms with Crippen molar-refractivity contribution in [2.75, 3.05) is 5.32 Å². The van der Waals surface area contributed by atoms with Gasteiger partial charge in [0.1, 0.15) is 35.4 Å². The summed E-state index contributed by atoms with van der Waals surface area (Å²) in [6.45, 7) is 3.81.